The smallest absolute Gasteiger partial charge is 0.251 e. The van der Waals surface area contributed by atoms with Crippen molar-refractivity contribution in [2.24, 2.45) is 0 Å². The van der Waals surface area contributed by atoms with Gasteiger partial charge in [0.1, 0.15) is 6.04 Å². The molecule has 27 heavy (non-hydrogen) atoms. The molecule has 0 aliphatic carbocycles. The van der Waals surface area contributed by atoms with Gasteiger partial charge >= 0.3 is 0 Å². The summed E-state index contributed by atoms with van der Waals surface area (Å²) >= 11 is 0. The first-order valence-electron chi connectivity index (χ1n) is 9.53. The highest BCUT2D eigenvalue weighted by Gasteiger charge is 2.29. The predicted octanol–water partition coefficient (Wildman–Crippen LogP) is 2.24. The summed E-state index contributed by atoms with van der Waals surface area (Å²) in [5.41, 5.74) is 1.60. The lowest BCUT2D eigenvalue weighted by atomic mass is 10.0. The summed E-state index contributed by atoms with van der Waals surface area (Å²) in [5, 5.41) is 6.22. The second-order valence-corrected chi connectivity index (χ2v) is 6.99. The lowest BCUT2D eigenvalue weighted by Crippen LogP contribution is -2.54. The number of rotatable bonds is 6. The van der Waals surface area contributed by atoms with Crippen LogP contribution in [0.2, 0.25) is 0 Å². The molecule has 3 rings (SSSR count). The van der Waals surface area contributed by atoms with Crippen LogP contribution in [0.15, 0.2) is 60.7 Å². The normalized spacial score (nSPS) is 18.0. The Hall–Kier alpha value is -2.66. The van der Waals surface area contributed by atoms with Crippen molar-refractivity contribution in [3.63, 3.8) is 0 Å². The zero-order valence-corrected chi connectivity index (χ0v) is 15.7. The topological polar surface area (TPSA) is 61.4 Å². The third kappa shape index (κ3) is 5.17. The van der Waals surface area contributed by atoms with Gasteiger partial charge in [-0.15, -0.1) is 0 Å². The van der Waals surface area contributed by atoms with Crippen molar-refractivity contribution in [3.05, 3.63) is 71.8 Å². The fourth-order valence-electron chi connectivity index (χ4n) is 3.51. The Kier molecular flexibility index (Phi) is 6.60. The molecular weight excluding hydrogens is 338 g/mol. The molecule has 1 heterocycles. The van der Waals surface area contributed by atoms with Crippen molar-refractivity contribution in [1.82, 2.24) is 15.5 Å². The highest BCUT2D eigenvalue weighted by molar-refractivity contribution is 5.97. The standard InChI is InChI=1S/C22H27N3O2/c1-23-19-13-8-14-25(16-19)22(27)20(15-17-9-4-2-5-10-17)24-21(26)18-11-6-3-7-12-18/h2-7,9-12,19-20,23H,8,13-16H2,1H3,(H,24,26). The fourth-order valence-corrected chi connectivity index (χ4v) is 3.51. The van der Waals surface area contributed by atoms with E-state index >= 15 is 0 Å². The summed E-state index contributed by atoms with van der Waals surface area (Å²) in [6.07, 6.45) is 2.53. The van der Waals surface area contributed by atoms with Crippen molar-refractivity contribution >= 4 is 11.8 Å². The zero-order valence-electron chi connectivity index (χ0n) is 15.7. The van der Waals surface area contributed by atoms with Crippen LogP contribution in [0.25, 0.3) is 0 Å². The van der Waals surface area contributed by atoms with Gasteiger partial charge in [-0.3, -0.25) is 9.59 Å². The molecule has 1 saturated heterocycles. The first-order chi connectivity index (χ1) is 13.2. The van der Waals surface area contributed by atoms with E-state index in [-0.39, 0.29) is 11.8 Å². The molecular formula is C22H27N3O2. The molecule has 1 aliphatic heterocycles. The number of nitrogens with zero attached hydrogens (tertiary/aromatic N) is 1. The first kappa shape index (κ1) is 19.1. The molecule has 2 aromatic carbocycles. The fraction of sp³-hybridized carbons (Fsp3) is 0.364. The van der Waals surface area contributed by atoms with Gasteiger partial charge < -0.3 is 15.5 Å². The van der Waals surface area contributed by atoms with Gasteiger partial charge in [0.15, 0.2) is 0 Å². The molecule has 2 unspecified atom stereocenters. The highest BCUT2D eigenvalue weighted by Crippen LogP contribution is 2.14. The molecule has 0 aromatic heterocycles. The summed E-state index contributed by atoms with van der Waals surface area (Å²) in [4.78, 5) is 27.8. The van der Waals surface area contributed by atoms with Crippen LogP contribution in [0.3, 0.4) is 0 Å². The van der Waals surface area contributed by atoms with Gasteiger partial charge in [0.25, 0.3) is 5.91 Å². The highest BCUT2D eigenvalue weighted by atomic mass is 16.2. The summed E-state index contributed by atoms with van der Waals surface area (Å²) in [6, 6.07) is 18.6. The van der Waals surface area contributed by atoms with E-state index in [1.807, 2.05) is 60.5 Å². The third-order valence-corrected chi connectivity index (χ3v) is 5.06. The second kappa shape index (κ2) is 9.33. The Balaban J connectivity index is 1.76. The van der Waals surface area contributed by atoms with E-state index in [0.717, 1.165) is 24.9 Å². The first-order valence-corrected chi connectivity index (χ1v) is 9.53. The van der Waals surface area contributed by atoms with E-state index in [1.165, 1.54) is 0 Å². The van der Waals surface area contributed by atoms with E-state index < -0.39 is 6.04 Å². The Morgan fingerprint density at radius 1 is 1.07 bits per heavy atom. The summed E-state index contributed by atoms with van der Waals surface area (Å²) in [7, 11) is 1.93. The Bertz CT molecular complexity index is 749. The van der Waals surface area contributed by atoms with Crippen molar-refractivity contribution in [2.75, 3.05) is 20.1 Å². The average molecular weight is 365 g/mol. The van der Waals surface area contributed by atoms with Gasteiger partial charge in [-0.05, 0) is 37.6 Å². The van der Waals surface area contributed by atoms with Crippen molar-refractivity contribution in [3.8, 4) is 0 Å². The van der Waals surface area contributed by atoms with Crippen LogP contribution in [0, 0.1) is 0 Å². The van der Waals surface area contributed by atoms with E-state index in [2.05, 4.69) is 10.6 Å². The lowest BCUT2D eigenvalue weighted by molar-refractivity contribution is -0.134. The van der Waals surface area contributed by atoms with Gasteiger partial charge in [0.05, 0.1) is 0 Å². The molecule has 2 amide bonds. The minimum absolute atomic E-state index is 0.0110. The molecule has 5 heteroatoms. The van der Waals surface area contributed by atoms with Gasteiger partial charge in [-0.1, -0.05) is 48.5 Å². The molecule has 142 valence electrons. The number of piperidine rings is 1. The quantitative estimate of drug-likeness (QED) is 0.825. The molecule has 2 N–H and O–H groups in total. The minimum Gasteiger partial charge on any atom is -0.340 e. The largest absolute Gasteiger partial charge is 0.340 e. The van der Waals surface area contributed by atoms with Crippen LogP contribution >= 0.6 is 0 Å². The maximum Gasteiger partial charge on any atom is 0.251 e. The Morgan fingerprint density at radius 3 is 2.41 bits per heavy atom. The number of carbonyl (C=O) groups excluding carboxylic acids is 2. The molecule has 1 fully saturated rings. The number of benzene rings is 2. The molecule has 5 nitrogen and oxygen atoms in total. The van der Waals surface area contributed by atoms with E-state index in [9.17, 15) is 9.59 Å². The van der Waals surface area contributed by atoms with Crippen molar-refractivity contribution in [1.29, 1.82) is 0 Å². The minimum atomic E-state index is -0.573. The average Bonchev–Trinajstić information content (AvgIpc) is 2.74. The lowest BCUT2D eigenvalue weighted by Gasteiger charge is -2.35. The summed E-state index contributed by atoms with van der Waals surface area (Å²) < 4.78 is 0. The predicted molar refractivity (Wildman–Crippen MR) is 107 cm³/mol. The zero-order chi connectivity index (χ0) is 19.1. The summed E-state index contributed by atoms with van der Waals surface area (Å²) in [6.45, 7) is 1.42. The SMILES string of the molecule is CNC1CCCN(C(=O)C(Cc2ccccc2)NC(=O)c2ccccc2)C1. The summed E-state index contributed by atoms with van der Waals surface area (Å²) in [5.74, 6) is -0.227. The molecule has 0 bridgehead atoms. The van der Waals surface area contributed by atoms with E-state index in [0.29, 0.717) is 24.6 Å². The molecule has 0 saturated carbocycles. The van der Waals surface area contributed by atoms with Gasteiger partial charge in [-0.2, -0.15) is 0 Å². The Labute approximate surface area is 160 Å². The number of hydrogen-bond acceptors (Lipinski definition) is 3. The van der Waals surface area contributed by atoms with Crippen LogP contribution in [-0.2, 0) is 11.2 Å². The van der Waals surface area contributed by atoms with E-state index in [4.69, 9.17) is 0 Å². The van der Waals surface area contributed by atoms with Gasteiger partial charge in [0, 0.05) is 31.1 Å². The number of nitrogens with one attached hydrogen (secondary N) is 2. The van der Waals surface area contributed by atoms with Crippen LogP contribution in [0.5, 0.6) is 0 Å². The Morgan fingerprint density at radius 2 is 1.74 bits per heavy atom. The number of likely N-dealkylation sites (N-methyl/N-ethyl adjacent to an activating group) is 1. The van der Waals surface area contributed by atoms with Crippen molar-refractivity contribution < 1.29 is 9.59 Å². The maximum atomic E-state index is 13.2. The van der Waals surface area contributed by atoms with Crippen LogP contribution in [-0.4, -0.2) is 48.9 Å². The van der Waals surface area contributed by atoms with Crippen LogP contribution < -0.4 is 10.6 Å². The number of hydrogen-bond donors (Lipinski definition) is 2. The molecule has 0 radical (unpaired) electrons. The van der Waals surface area contributed by atoms with Gasteiger partial charge in [0.2, 0.25) is 5.91 Å². The molecule has 1 aliphatic rings. The monoisotopic (exact) mass is 365 g/mol. The number of carbonyl (C=O) groups is 2. The number of likely N-dealkylation sites (tertiary alicyclic amines) is 1. The second-order valence-electron chi connectivity index (χ2n) is 6.99. The van der Waals surface area contributed by atoms with Gasteiger partial charge in [-0.25, -0.2) is 0 Å². The molecule has 2 aromatic rings. The maximum absolute atomic E-state index is 13.2. The van der Waals surface area contributed by atoms with Crippen LogP contribution in [0.4, 0.5) is 0 Å². The van der Waals surface area contributed by atoms with Crippen LogP contribution in [0.1, 0.15) is 28.8 Å². The number of amides is 2. The van der Waals surface area contributed by atoms with E-state index in [1.54, 1.807) is 12.1 Å². The van der Waals surface area contributed by atoms with Crippen molar-refractivity contribution in [2.45, 2.75) is 31.3 Å². The third-order valence-electron chi connectivity index (χ3n) is 5.06. The molecule has 2 atom stereocenters. The molecule has 0 spiro atoms.